The van der Waals surface area contributed by atoms with E-state index in [-0.39, 0.29) is 5.41 Å². The molecule has 500 valence electrons. The molecule has 15 aromatic carbocycles. The summed E-state index contributed by atoms with van der Waals surface area (Å²) in [6.07, 6.45) is 7.02. The van der Waals surface area contributed by atoms with Gasteiger partial charge in [0.25, 0.3) is 0 Å². The van der Waals surface area contributed by atoms with E-state index >= 15 is 0 Å². The maximum absolute atomic E-state index is 2.58. The number of hydrogen-bond donors (Lipinski definition) is 0. The maximum atomic E-state index is 2.58. The van der Waals surface area contributed by atoms with Crippen LogP contribution in [-0.2, 0) is 16.2 Å². The average Bonchev–Trinajstić information content (AvgIpc) is 1.59. The lowest BCUT2D eigenvalue weighted by atomic mass is 9.43. The van der Waals surface area contributed by atoms with Gasteiger partial charge in [-0.05, 0) is 273 Å². The van der Waals surface area contributed by atoms with Crippen molar-refractivity contribution in [2.45, 2.75) is 62.2 Å². The molecule has 0 saturated heterocycles. The molecule has 105 heavy (non-hydrogen) atoms. The standard InChI is InChI=1S/C104H79N/c1-102(2)99-64-82(78-32-19-29-75(60-78)70-24-8-4-9-25-70)47-52-96(99)104(97-53-48-83(65-100(97)102)79-33-20-30-76(61-79)71-26-10-5-11-27-71)94-40-16-12-37-89(94)91-50-49-87(66-98(91)104)105(86-35-21-34-80(62-86)77-31-18-28-74(59-77)69-22-6-3-7-23-69)101-41-17-14-36-88(101)73-44-42-72(43-45-73)81-46-51-95-92(63-81)90-38-13-15-39-93(90)103(95)84-55-67-54-68(57-84)58-85(103)56-67/h3-53,59-68,84-85H,54-58H2,1-2H3. The molecule has 0 aromatic heterocycles. The Balaban J connectivity index is 0.743. The van der Waals surface area contributed by atoms with Gasteiger partial charge in [0.05, 0.1) is 11.1 Å². The quantitative estimate of drug-likeness (QED) is 0.125. The Morgan fingerprint density at radius 1 is 0.219 bits per heavy atom. The Hall–Kier alpha value is -11.9. The van der Waals surface area contributed by atoms with E-state index in [0.717, 1.165) is 51.9 Å². The van der Waals surface area contributed by atoms with Crippen molar-refractivity contribution in [3.8, 4) is 111 Å². The van der Waals surface area contributed by atoms with E-state index in [0.29, 0.717) is 0 Å². The lowest BCUT2D eigenvalue weighted by Crippen LogP contribution is -2.55. The van der Waals surface area contributed by atoms with Crippen LogP contribution in [0.1, 0.15) is 90.5 Å². The molecule has 1 heteroatoms. The lowest BCUT2D eigenvalue weighted by molar-refractivity contribution is -0.0399. The van der Waals surface area contributed by atoms with Crippen molar-refractivity contribution in [1.29, 1.82) is 0 Å². The van der Waals surface area contributed by atoms with E-state index in [1.165, 1.54) is 166 Å². The summed E-state index contributed by atoms with van der Waals surface area (Å²) in [5, 5.41) is 0. The number of fused-ring (bicyclic) bond motifs is 12. The summed E-state index contributed by atoms with van der Waals surface area (Å²) in [7, 11) is 0. The van der Waals surface area contributed by atoms with Gasteiger partial charge in [-0.1, -0.05) is 305 Å². The highest BCUT2D eigenvalue weighted by molar-refractivity contribution is 5.96. The SMILES string of the molecule is CC1(C)c2cc(-c3cccc(-c4ccccc4)c3)ccc2C2(c3ccccc3-c3ccc(N(c4cccc(-c5cccc(-c6ccccc6)c5)c4)c4ccccc4-c4ccc(-c5ccc6c(c5)-c5ccccc5C65C6CC7CC(C6)CC5C7)cc4)cc32)c2ccc(-c3cccc(-c4ccccc4)c3)cc21. The van der Waals surface area contributed by atoms with E-state index in [1.54, 1.807) is 11.1 Å². The monoisotopic (exact) mass is 1340 g/mol. The highest BCUT2D eigenvalue weighted by Gasteiger charge is 2.62. The molecule has 1 nitrogen and oxygen atoms in total. The summed E-state index contributed by atoms with van der Waals surface area (Å²) in [6, 6.07) is 136. The van der Waals surface area contributed by atoms with Gasteiger partial charge in [0, 0.05) is 27.8 Å². The van der Waals surface area contributed by atoms with Gasteiger partial charge in [0.2, 0.25) is 0 Å². The van der Waals surface area contributed by atoms with Crippen LogP contribution in [0.4, 0.5) is 17.1 Å². The normalized spacial score (nSPS) is 19.0. The molecular formula is C104H79N. The molecule has 4 bridgehead atoms. The summed E-state index contributed by atoms with van der Waals surface area (Å²) >= 11 is 0. The third-order valence-electron chi connectivity index (χ3n) is 25.7. The number of hydrogen-bond acceptors (Lipinski definition) is 1. The average molecular weight is 1340 g/mol. The molecule has 0 atom stereocenters. The van der Waals surface area contributed by atoms with Crippen molar-refractivity contribution in [1.82, 2.24) is 0 Å². The molecule has 0 N–H and O–H groups in total. The Morgan fingerprint density at radius 3 is 1.12 bits per heavy atom. The minimum Gasteiger partial charge on any atom is -0.310 e. The van der Waals surface area contributed by atoms with Gasteiger partial charge >= 0.3 is 0 Å². The van der Waals surface area contributed by atoms with Gasteiger partial charge in [-0.25, -0.2) is 0 Å². The molecule has 0 amide bonds. The summed E-state index contributed by atoms with van der Waals surface area (Å²) in [6.45, 7) is 4.94. The lowest BCUT2D eigenvalue weighted by Gasteiger charge is -2.61. The first-order valence-corrected chi connectivity index (χ1v) is 38.1. The zero-order valence-corrected chi connectivity index (χ0v) is 59.4. The van der Waals surface area contributed by atoms with E-state index in [4.69, 9.17) is 0 Å². The molecular weight excluding hydrogens is 1260 g/mol. The Bertz CT molecular complexity index is 5790. The Labute approximate surface area is 617 Å². The Kier molecular flexibility index (Phi) is 14.2. The van der Waals surface area contributed by atoms with Crippen LogP contribution in [0.2, 0.25) is 0 Å². The van der Waals surface area contributed by atoms with Crippen LogP contribution in [0.15, 0.2) is 358 Å². The van der Waals surface area contributed by atoms with Crippen LogP contribution >= 0.6 is 0 Å². The fraction of sp³-hybridized carbons (Fsp3) is 0.135. The summed E-state index contributed by atoms with van der Waals surface area (Å²) < 4.78 is 0. The topological polar surface area (TPSA) is 3.24 Å². The van der Waals surface area contributed by atoms with Crippen molar-refractivity contribution < 1.29 is 0 Å². The first kappa shape index (κ1) is 61.7. The molecule has 0 unspecified atom stereocenters. The smallest absolute Gasteiger partial charge is 0.0720 e. The second-order valence-corrected chi connectivity index (χ2v) is 31.5. The van der Waals surface area contributed by atoms with Gasteiger partial charge in [0.1, 0.15) is 0 Å². The third kappa shape index (κ3) is 9.60. The zero-order chi connectivity index (χ0) is 69.5. The van der Waals surface area contributed by atoms with Crippen LogP contribution in [0.25, 0.3) is 111 Å². The molecule has 0 radical (unpaired) electrons. The molecule has 15 aromatic rings. The van der Waals surface area contributed by atoms with Crippen LogP contribution < -0.4 is 4.90 Å². The molecule has 4 saturated carbocycles. The highest BCUT2D eigenvalue weighted by atomic mass is 15.1. The van der Waals surface area contributed by atoms with Crippen molar-refractivity contribution in [3.63, 3.8) is 0 Å². The van der Waals surface area contributed by atoms with Crippen LogP contribution in [-0.4, -0.2) is 0 Å². The molecule has 7 aliphatic rings. The molecule has 2 spiro atoms. The first-order valence-electron chi connectivity index (χ1n) is 38.1. The van der Waals surface area contributed by atoms with Crippen LogP contribution in [0.5, 0.6) is 0 Å². The van der Waals surface area contributed by atoms with Gasteiger partial charge in [-0.3, -0.25) is 0 Å². The number of rotatable bonds is 11. The fourth-order valence-corrected chi connectivity index (χ4v) is 21.3. The highest BCUT2D eigenvalue weighted by Crippen LogP contribution is 2.70. The second kappa shape index (κ2) is 24.1. The van der Waals surface area contributed by atoms with Crippen molar-refractivity contribution in [2.75, 3.05) is 4.90 Å². The summed E-state index contributed by atoms with van der Waals surface area (Å²) in [5.41, 5.74) is 38.1. The number of anilines is 3. The predicted molar refractivity (Wildman–Crippen MR) is 437 cm³/mol. The van der Waals surface area contributed by atoms with E-state index in [9.17, 15) is 0 Å². The maximum Gasteiger partial charge on any atom is 0.0720 e. The van der Waals surface area contributed by atoms with Gasteiger partial charge < -0.3 is 4.90 Å². The number of benzene rings is 15. The zero-order valence-electron chi connectivity index (χ0n) is 59.4. The molecule has 22 rings (SSSR count). The van der Waals surface area contributed by atoms with Crippen LogP contribution in [0, 0.1) is 23.7 Å². The largest absolute Gasteiger partial charge is 0.310 e. The minimum atomic E-state index is -0.715. The van der Waals surface area contributed by atoms with Gasteiger partial charge in [-0.2, -0.15) is 0 Å². The summed E-state index contributed by atoms with van der Waals surface area (Å²) in [5.74, 6) is 3.31. The van der Waals surface area contributed by atoms with Crippen LogP contribution in [0.3, 0.4) is 0 Å². The van der Waals surface area contributed by atoms with E-state index in [2.05, 4.69) is 377 Å². The molecule has 4 fully saturated rings. The molecule has 7 aliphatic carbocycles. The molecule has 0 aliphatic heterocycles. The van der Waals surface area contributed by atoms with Crippen molar-refractivity contribution in [2.24, 2.45) is 23.7 Å². The molecule has 0 heterocycles. The summed E-state index contributed by atoms with van der Waals surface area (Å²) in [4.78, 5) is 2.56. The van der Waals surface area contributed by atoms with E-state index < -0.39 is 10.8 Å². The fourth-order valence-electron chi connectivity index (χ4n) is 21.3. The van der Waals surface area contributed by atoms with E-state index in [1.807, 2.05) is 0 Å². The number of para-hydroxylation sites is 1. The Morgan fingerprint density at radius 2 is 0.581 bits per heavy atom. The number of nitrogens with zero attached hydrogens (tertiary/aromatic N) is 1. The van der Waals surface area contributed by atoms with Crippen molar-refractivity contribution >= 4 is 17.1 Å². The minimum absolute atomic E-state index is 0.149. The van der Waals surface area contributed by atoms with Gasteiger partial charge in [-0.15, -0.1) is 0 Å². The first-order chi connectivity index (χ1) is 51.7. The third-order valence-corrected chi connectivity index (χ3v) is 25.7. The van der Waals surface area contributed by atoms with Crippen molar-refractivity contribution in [3.05, 3.63) is 402 Å². The predicted octanol–water partition coefficient (Wildman–Crippen LogP) is 27.2. The van der Waals surface area contributed by atoms with Gasteiger partial charge in [0.15, 0.2) is 0 Å². The second-order valence-electron chi connectivity index (χ2n) is 31.5.